The van der Waals surface area contributed by atoms with Crippen LogP contribution in [0.5, 0.6) is 0 Å². The van der Waals surface area contributed by atoms with Crippen molar-refractivity contribution in [2.45, 2.75) is 0 Å². The zero-order chi connectivity index (χ0) is 2.00. The molecule has 0 fully saturated rings. The Balaban J connectivity index is -0.00000000500. The molecule has 0 rings (SSSR count). The van der Waals surface area contributed by atoms with Gasteiger partial charge in [-0.3, -0.25) is 0 Å². The minimum atomic E-state index is 0. The van der Waals surface area contributed by atoms with Crippen molar-refractivity contribution in [3.63, 3.8) is 0 Å². The van der Waals surface area contributed by atoms with Crippen LogP contribution in [0.25, 0.3) is 0 Å². The first-order valence-corrected chi connectivity index (χ1v) is 0.224. The molecule has 0 saturated heterocycles. The second kappa shape index (κ2) is 62.9. The third-order valence-corrected chi connectivity index (χ3v) is 0. The Morgan fingerprint density at radius 3 is 1.25 bits per heavy atom. The van der Waals surface area contributed by atoms with E-state index in [9.17, 15) is 0 Å². The van der Waals surface area contributed by atoms with E-state index in [1.807, 2.05) is 0 Å². The smallest absolute Gasteiger partial charge is 0.512 e. The molecule has 0 unspecified atom stereocenters. The van der Waals surface area contributed by atoms with Crippen molar-refractivity contribution in [1.82, 2.24) is 0 Å². The number of nitrogens with zero attached hydrogens (tertiary/aromatic N) is 1. The maximum atomic E-state index is 6.25. The zero-order valence-electron chi connectivity index (χ0n) is 1.65. The van der Waals surface area contributed by atoms with Gasteiger partial charge in [0.2, 0.25) is 0 Å². The van der Waals surface area contributed by atoms with Crippen molar-refractivity contribution in [2.24, 2.45) is 0 Å². The van der Waals surface area contributed by atoms with E-state index in [0.29, 0.717) is 0 Å². The Kier molecular flexibility index (Phi) is 360. The van der Waals surface area contributed by atoms with Gasteiger partial charge in [-0.15, -0.1) is 0 Å². The molecule has 1 nitrogen and oxygen atoms in total. The molecule has 22 valence electrons. The summed E-state index contributed by atoms with van der Waals surface area (Å²) in [5.41, 5.74) is 0. The van der Waals surface area contributed by atoms with Crippen molar-refractivity contribution < 1.29 is 36.5 Å². The van der Waals surface area contributed by atoms with Crippen molar-refractivity contribution in [3.8, 4) is 0 Å². The SMILES string of the molecule is [C-]#N.[Fe+2].[Ru+2]. The van der Waals surface area contributed by atoms with E-state index < -0.39 is 0 Å². The second-order valence-electron chi connectivity index (χ2n) is 0. The van der Waals surface area contributed by atoms with Crippen LogP contribution < -0.4 is 0 Å². The summed E-state index contributed by atoms with van der Waals surface area (Å²) < 4.78 is 0. The standard InChI is InChI=1S/CN.Fe.Ru/c1-2;;/q-1;2*+2. The van der Waals surface area contributed by atoms with E-state index in [-0.39, 0.29) is 36.5 Å². The first kappa shape index (κ1) is 22.9. The number of rotatable bonds is 0. The van der Waals surface area contributed by atoms with E-state index in [2.05, 4.69) is 0 Å². The normalized spacial score (nSPS) is 0.500. The molecule has 0 aliphatic carbocycles. The summed E-state index contributed by atoms with van der Waals surface area (Å²) >= 11 is 0. The molecule has 4 heavy (non-hydrogen) atoms. The van der Waals surface area contributed by atoms with E-state index in [1.54, 1.807) is 0 Å². The number of hydrogen-bond donors (Lipinski definition) is 0. The molecule has 0 radical (unpaired) electrons. The topological polar surface area (TPSA) is 23.8 Å². The van der Waals surface area contributed by atoms with Crippen molar-refractivity contribution in [1.29, 1.82) is 5.26 Å². The molecule has 0 aromatic heterocycles. The predicted octanol–water partition coefficient (Wildman–Crippen LogP) is 0.0914. The zero-order valence-corrected chi connectivity index (χ0v) is 4.50. The Bertz CT molecular complexity index is 12.8. The Morgan fingerprint density at radius 2 is 1.25 bits per heavy atom. The van der Waals surface area contributed by atoms with Crippen LogP contribution in [0.1, 0.15) is 0 Å². The first-order valence-electron chi connectivity index (χ1n) is 0.224. The minimum Gasteiger partial charge on any atom is -0.512 e. The maximum absolute atomic E-state index is 6.25. The summed E-state index contributed by atoms with van der Waals surface area (Å²) in [5.74, 6) is 0. The summed E-state index contributed by atoms with van der Waals surface area (Å²) in [4.78, 5) is 0. The van der Waals surface area contributed by atoms with E-state index in [1.165, 1.54) is 0 Å². The monoisotopic (exact) mass is 184 g/mol. The van der Waals surface area contributed by atoms with Gasteiger partial charge in [0, 0.05) is 0 Å². The second-order valence-corrected chi connectivity index (χ2v) is 0. The van der Waals surface area contributed by atoms with Gasteiger partial charge >= 0.3 is 36.5 Å². The van der Waals surface area contributed by atoms with Gasteiger partial charge in [-0.05, 0) is 0 Å². The van der Waals surface area contributed by atoms with Gasteiger partial charge in [-0.1, -0.05) is 0 Å². The fourth-order valence-electron chi connectivity index (χ4n) is 0. The van der Waals surface area contributed by atoms with E-state index >= 15 is 0 Å². The molecular weight excluding hydrogens is 183 g/mol. The van der Waals surface area contributed by atoms with Crippen LogP contribution in [-0.2, 0) is 36.5 Å². The summed E-state index contributed by atoms with van der Waals surface area (Å²) in [6.07, 6.45) is 0. The average Bonchev–Trinajstić information content (AvgIpc) is 1.00. The summed E-state index contributed by atoms with van der Waals surface area (Å²) in [5, 5.41) is 6.25. The third kappa shape index (κ3) is 17.5. The molecule has 3 heteroatoms. The molecule has 0 spiro atoms. The maximum Gasteiger partial charge on any atom is 2.00 e. The van der Waals surface area contributed by atoms with Gasteiger partial charge in [0.05, 0.1) is 0 Å². The number of hydrogen-bond acceptors (Lipinski definition) is 1. The fraction of sp³-hybridized carbons (Fsp3) is 0. The summed E-state index contributed by atoms with van der Waals surface area (Å²) in [6, 6.07) is 0. The average molecular weight is 183 g/mol. The van der Waals surface area contributed by atoms with Crippen molar-refractivity contribution in [3.05, 3.63) is 6.57 Å². The quantitative estimate of drug-likeness (QED) is 0.385. The Morgan fingerprint density at radius 1 is 1.25 bits per heavy atom. The van der Waals surface area contributed by atoms with Gasteiger partial charge < -0.3 is 11.8 Å². The molecule has 0 aromatic carbocycles. The van der Waals surface area contributed by atoms with Gasteiger partial charge in [0.15, 0.2) is 0 Å². The molecule has 0 heterocycles. The summed E-state index contributed by atoms with van der Waals surface area (Å²) in [7, 11) is 0. The molecule has 0 aliphatic heterocycles. The largest absolute Gasteiger partial charge is 2.00 e. The summed E-state index contributed by atoms with van der Waals surface area (Å²) in [6.45, 7) is 4.75. The van der Waals surface area contributed by atoms with Gasteiger partial charge in [-0.2, -0.15) is 0 Å². The van der Waals surface area contributed by atoms with E-state index in [4.69, 9.17) is 11.8 Å². The first-order chi connectivity index (χ1) is 1.00. The molecule has 0 atom stereocenters. The van der Waals surface area contributed by atoms with Crippen LogP contribution in [0, 0.1) is 11.8 Å². The molecule has 0 amide bonds. The van der Waals surface area contributed by atoms with Crippen LogP contribution in [0.15, 0.2) is 0 Å². The molecule has 0 bridgehead atoms. The van der Waals surface area contributed by atoms with Crippen LogP contribution in [0.2, 0.25) is 0 Å². The van der Waals surface area contributed by atoms with Crippen LogP contribution in [-0.4, -0.2) is 0 Å². The Labute approximate surface area is 48.6 Å². The van der Waals surface area contributed by atoms with Crippen LogP contribution in [0.4, 0.5) is 0 Å². The van der Waals surface area contributed by atoms with Crippen LogP contribution in [0.3, 0.4) is 0 Å². The Hall–Kier alpha value is 0.633. The molecule has 0 saturated carbocycles. The molecule has 0 aliphatic rings. The van der Waals surface area contributed by atoms with Gasteiger partial charge in [0.1, 0.15) is 0 Å². The predicted molar refractivity (Wildman–Crippen MR) is 4.97 cm³/mol. The molecule has 0 N–H and O–H groups in total. The molecular formula is CFeNRu+3. The van der Waals surface area contributed by atoms with Crippen LogP contribution >= 0.6 is 0 Å². The fourth-order valence-corrected chi connectivity index (χ4v) is 0. The van der Waals surface area contributed by atoms with E-state index in [0.717, 1.165) is 0 Å². The van der Waals surface area contributed by atoms with Crippen molar-refractivity contribution >= 4 is 0 Å². The van der Waals surface area contributed by atoms with Gasteiger partial charge in [0.25, 0.3) is 0 Å². The van der Waals surface area contributed by atoms with Crippen molar-refractivity contribution in [2.75, 3.05) is 0 Å². The minimum absolute atomic E-state index is 0. The third-order valence-electron chi connectivity index (χ3n) is 0. The molecule has 0 aromatic rings. The van der Waals surface area contributed by atoms with Gasteiger partial charge in [-0.25, -0.2) is 0 Å².